The lowest BCUT2D eigenvalue weighted by Crippen LogP contribution is -2.21. The molecule has 0 aliphatic heterocycles. The van der Waals surface area contributed by atoms with Crippen molar-refractivity contribution in [1.82, 2.24) is 0 Å². The molecule has 0 fully saturated rings. The van der Waals surface area contributed by atoms with E-state index in [4.69, 9.17) is 0 Å². The largest absolute Gasteiger partial charge is 0.143 e. The summed E-state index contributed by atoms with van der Waals surface area (Å²) in [7, 11) is 0. The molecule has 0 bridgehead atoms. The lowest BCUT2D eigenvalue weighted by atomic mass is 9.70. The van der Waals surface area contributed by atoms with E-state index in [9.17, 15) is 0 Å². The Hall–Kier alpha value is -4.07. The van der Waals surface area contributed by atoms with Crippen LogP contribution in [0, 0.1) is 6.92 Å². The Morgan fingerprint density at radius 2 is 1.34 bits per heavy atom. The van der Waals surface area contributed by atoms with Crippen LogP contribution in [0.15, 0.2) is 84.3 Å². The average Bonchev–Trinajstić information content (AvgIpc) is 2.94. The first-order valence-electron chi connectivity index (χ1n) is 13.3. The topological polar surface area (TPSA) is 0 Å². The molecular formula is C37H24S. The molecule has 2 aliphatic rings. The fourth-order valence-corrected chi connectivity index (χ4v) is 7.91. The van der Waals surface area contributed by atoms with Crippen LogP contribution >= 0.6 is 12.6 Å². The number of hydrogen-bond acceptors (Lipinski definition) is 1. The Morgan fingerprint density at radius 1 is 0.658 bits per heavy atom. The Kier molecular flexibility index (Phi) is 3.78. The van der Waals surface area contributed by atoms with Crippen molar-refractivity contribution in [2.45, 2.75) is 24.2 Å². The quantitative estimate of drug-likeness (QED) is 0.120. The molecule has 1 heteroatoms. The van der Waals surface area contributed by atoms with Gasteiger partial charge in [0.15, 0.2) is 0 Å². The molecule has 38 heavy (non-hydrogen) atoms. The third-order valence-corrected chi connectivity index (χ3v) is 9.62. The molecule has 0 saturated heterocycles. The Labute approximate surface area is 226 Å². The van der Waals surface area contributed by atoms with Gasteiger partial charge in [0.05, 0.1) is 0 Å². The second-order valence-electron chi connectivity index (χ2n) is 11.2. The van der Waals surface area contributed by atoms with E-state index in [0.29, 0.717) is 5.92 Å². The van der Waals surface area contributed by atoms with E-state index in [0.717, 1.165) is 22.1 Å². The molecule has 7 aromatic carbocycles. The van der Waals surface area contributed by atoms with Gasteiger partial charge in [-0.3, -0.25) is 0 Å². The van der Waals surface area contributed by atoms with E-state index in [1.54, 1.807) is 0 Å². The molecule has 0 saturated carbocycles. The summed E-state index contributed by atoms with van der Waals surface area (Å²) in [6, 6.07) is 27.4. The summed E-state index contributed by atoms with van der Waals surface area (Å²) in [6.07, 6.45) is 3.49. The van der Waals surface area contributed by atoms with Crippen LogP contribution in [0.4, 0.5) is 0 Å². The first-order valence-corrected chi connectivity index (χ1v) is 13.8. The maximum absolute atomic E-state index is 4.63. The summed E-state index contributed by atoms with van der Waals surface area (Å²) in [5, 5.41) is 15.8. The van der Waals surface area contributed by atoms with Crippen molar-refractivity contribution in [2.75, 3.05) is 0 Å². The first kappa shape index (κ1) is 20.9. The summed E-state index contributed by atoms with van der Waals surface area (Å²) in [5.74, 6) is 0.350. The van der Waals surface area contributed by atoms with Crippen LogP contribution in [0.25, 0.3) is 72.1 Å². The van der Waals surface area contributed by atoms with Gasteiger partial charge in [0, 0.05) is 10.8 Å². The number of hydrogen-bond donors (Lipinski definition) is 1. The monoisotopic (exact) mass is 500 g/mol. The molecule has 2 aliphatic carbocycles. The highest BCUT2D eigenvalue weighted by molar-refractivity contribution is 7.80. The van der Waals surface area contributed by atoms with Crippen molar-refractivity contribution in [3.63, 3.8) is 0 Å². The third kappa shape index (κ3) is 2.35. The number of aryl methyl sites for hydroxylation is 1. The highest BCUT2D eigenvalue weighted by Gasteiger charge is 2.32. The SMILES string of the molecule is C=C1c2cc(S)ccc2C2CC=c3c4ccc5c6ccc(C)cc6c(=C)c6ccc(c7ccc1c2c37)c4c65. The zero-order chi connectivity index (χ0) is 25.4. The van der Waals surface area contributed by atoms with Crippen molar-refractivity contribution in [2.24, 2.45) is 0 Å². The zero-order valence-corrected chi connectivity index (χ0v) is 22.0. The molecule has 178 valence electrons. The first-order chi connectivity index (χ1) is 18.5. The molecule has 1 atom stereocenters. The Bertz CT molecular complexity index is 2370. The number of rotatable bonds is 0. The van der Waals surface area contributed by atoms with E-state index >= 15 is 0 Å². The third-order valence-electron chi connectivity index (χ3n) is 9.34. The molecule has 0 aromatic heterocycles. The van der Waals surface area contributed by atoms with E-state index < -0.39 is 0 Å². The standard InChI is InChI=1S/C37H24S/c1-18-4-6-24-26-12-14-30-31-15-13-27-25-7-5-21(38)17-33(25)20(3)23-9-11-29(37(31)35(23)27)28-10-8-22(34(26)36(28)30)19(2)32(24)16-18/h4-12,14-17,27,38H,2-3,13H2,1H3. The Morgan fingerprint density at radius 3 is 2.21 bits per heavy atom. The van der Waals surface area contributed by atoms with Gasteiger partial charge in [0.1, 0.15) is 0 Å². The van der Waals surface area contributed by atoms with E-state index in [1.165, 1.54) is 86.9 Å². The predicted molar refractivity (Wildman–Crippen MR) is 167 cm³/mol. The maximum Gasteiger partial charge on any atom is 0.0143 e. The van der Waals surface area contributed by atoms with Crippen molar-refractivity contribution >= 4 is 84.7 Å². The van der Waals surface area contributed by atoms with Gasteiger partial charge in [-0.2, -0.15) is 0 Å². The van der Waals surface area contributed by atoms with Crippen molar-refractivity contribution < 1.29 is 0 Å². The van der Waals surface area contributed by atoms with Gasteiger partial charge in [0.2, 0.25) is 0 Å². The van der Waals surface area contributed by atoms with Gasteiger partial charge in [-0.1, -0.05) is 85.5 Å². The molecule has 7 aromatic rings. The minimum Gasteiger partial charge on any atom is -0.143 e. The Balaban J connectivity index is 1.50. The number of fused-ring (bicyclic) bond motifs is 6. The highest BCUT2D eigenvalue weighted by atomic mass is 32.1. The summed E-state index contributed by atoms with van der Waals surface area (Å²) in [4.78, 5) is 0.991. The molecule has 0 heterocycles. The van der Waals surface area contributed by atoms with Crippen LogP contribution in [0.1, 0.15) is 40.2 Å². The van der Waals surface area contributed by atoms with Crippen LogP contribution in [0.3, 0.4) is 0 Å². The van der Waals surface area contributed by atoms with Crippen molar-refractivity contribution in [3.8, 4) is 0 Å². The highest BCUT2D eigenvalue weighted by Crippen LogP contribution is 2.49. The van der Waals surface area contributed by atoms with Gasteiger partial charge >= 0.3 is 0 Å². The predicted octanol–water partition coefficient (Wildman–Crippen LogP) is 8.59. The minimum atomic E-state index is 0.350. The molecule has 0 spiro atoms. The van der Waals surface area contributed by atoms with E-state index in [-0.39, 0.29) is 0 Å². The second kappa shape index (κ2) is 6.87. The lowest BCUT2D eigenvalue weighted by molar-refractivity contribution is 0.835. The summed E-state index contributed by atoms with van der Waals surface area (Å²) in [6.45, 7) is 11.3. The van der Waals surface area contributed by atoms with Gasteiger partial charge in [-0.05, 0) is 118 Å². The maximum atomic E-state index is 4.63. The van der Waals surface area contributed by atoms with Gasteiger partial charge < -0.3 is 0 Å². The average molecular weight is 501 g/mol. The van der Waals surface area contributed by atoms with Crippen LogP contribution in [-0.4, -0.2) is 0 Å². The number of benzene rings is 7. The van der Waals surface area contributed by atoms with E-state index in [1.807, 2.05) is 0 Å². The van der Waals surface area contributed by atoms with Gasteiger partial charge in [-0.25, -0.2) is 0 Å². The second-order valence-corrected chi connectivity index (χ2v) is 11.7. The summed E-state index contributed by atoms with van der Waals surface area (Å²) < 4.78 is 0. The molecule has 0 amide bonds. The van der Waals surface area contributed by atoms with Gasteiger partial charge in [-0.15, -0.1) is 12.6 Å². The minimum absolute atomic E-state index is 0.350. The van der Waals surface area contributed by atoms with E-state index in [2.05, 4.69) is 112 Å². The summed E-state index contributed by atoms with van der Waals surface area (Å²) >= 11 is 4.63. The van der Waals surface area contributed by atoms with Crippen molar-refractivity contribution in [1.29, 1.82) is 0 Å². The van der Waals surface area contributed by atoms with Crippen LogP contribution in [-0.2, 0) is 0 Å². The van der Waals surface area contributed by atoms with Gasteiger partial charge in [0.25, 0.3) is 0 Å². The molecular weight excluding hydrogens is 476 g/mol. The van der Waals surface area contributed by atoms with Crippen molar-refractivity contribution in [3.05, 3.63) is 118 Å². The molecule has 9 rings (SSSR count). The molecule has 0 radical (unpaired) electrons. The molecule has 0 N–H and O–H groups in total. The van der Waals surface area contributed by atoms with Crippen LogP contribution in [0.5, 0.6) is 0 Å². The molecule has 0 nitrogen and oxygen atoms in total. The number of thiol groups is 1. The smallest absolute Gasteiger partial charge is 0.0143 e. The summed E-state index contributed by atoms with van der Waals surface area (Å²) in [5.41, 5.74) is 7.75. The lowest BCUT2D eigenvalue weighted by Gasteiger charge is -2.33. The fourth-order valence-electron chi connectivity index (χ4n) is 7.70. The normalized spacial score (nSPS) is 16.2. The fraction of sp³-hybridized carbons (Fsp3) is 0.0811. The zero-order valence-electron chi connectivity index (χ0n) is 21.2. The van der Waals surface area contributed by atoms with Crippen LogP contribution in [0.2, 0.25) is 0 Å². The molecule has 1 unspecified atom stereocenters. The van der Waals surface area contributed by atoms with Crippen LogP contribution < -0.4 is 10.4 Å².